The van der Waals surface area contributed by atoms with E-state index in [2.05, 4.69) is 21.2 Å². The minimum Gasteiger partial charge on any atom is -0.369 e. The molecule has 0 aromatic heterocycles. The van der Waals surface area contributed by atoms with Crippen molar-refractivity contribution in [3.8, 4) is 0 Å². The SMILES string of the molecule is C[C@@H](NCC(N)=O)c1ccccc1Br. The van der Waals surface area contributed by atoms with Gasteiger partial charge in [-0.05, 0) is 18.6 Å². The van der Waals surface area contributed by atoms with E-state index in [9.17, 15) is 4.79 Å². The number of hydrogen-bond acceptors (Lipinski definition) is 2. The first-order valence-electron chi connectivity index (χ1n) is 4.37. The lowest BCUT2D eigenvalue weighted by atomic mass is 10.1. The van der Waals surface area contributed by atoms with Gasteiger partial charge in [-0.15, -0.1) is 0 Å². The zero-order valence-electron chi connectivity index (χ0n) is 7.96. The van der Waals surface area contributed by atoms with E-state index in [1.807, 2.05) is 31.2 Å². The summed E-state index contributed by atoms with van der Waals surface area (Å²) in [5, 5.41) is 3.03. The molecule has 1 aromatic rings. The van der Waals surface area contributed by atoms with Crippen molar-refractivity contribution in [2.24, 2.45) is 5.73 Å². The van der Waals surface area contributed by atoms with Crippen LogP contribution >= 0.6 is 15.9 Å². The maximum atomic E-state index is 10.6. The Kier molecular flexibility index (Phi) is 4.10. The van der Waals surface area contributed by atoms with Crippen LogP contribution in [0.1, 0.15) is 18.5 Å². The first-order chi connectivity index (χ1) is 6.61. The average molecular weight is 257 g/mol. The number of rotatable bonds is 4. The van der Waals surface area contributed by atoms with E-state index in [1.54, 1.807) is 0 Å². The van der Waals surface area contributed by atoms with E-state index >= 15 is 0 Å². The highest BCUT2D eigenvalue weighted by Gasteiger charge is 2.08. The summed E-state index contributed by atoms with van der Waals surface area (Å²) >= 11 is 3.45. The van der Waals surface area contributed by atoms with E-state index < -0.39 is 0 Å². The molecule has 0 fully saturated rings. The molecule has 1 rings (SSSR count). The number of nitrogens with two attached hydrogens (primary N) is 1. The van der Waals surface area contributed by atoms with E-state index in [-0.39, 0.29) is 18.5 Å². The molecule has 0 spiro atoms. The summed E-state index contributed by atoms with van der Waals surface area (Å²) < 4.78 is 1.03. The predicted octanol–water partition coefficient (Wildman–Crippen LogP) is 1.58. The van der Waals surface area contributed by atoms with Gasteiger partial charge in [-0.3, -0.25) is 4.79 Å². The minimum atomic E-state index is -0.344. The fourth-order valence-electron chi connectivity index (χ4n) is 1.19. The number of carbonyl (C=O) groups excluding carboxylic acids is 1. The second-order valence-electron chi connectivity index (χ2n) is 3.09. The van der Waals surface area contributed by atoms with Gasteiger partial charge in [0.15, 0.2) is 0 Å². The van der Waals surface area contributed by atoms with Gasteiger partial charge >= 0.3 is 0 Å². The Hall–Kier alpha value is -0.870. The Morgan fingerprint density at radius 1 is 1.57 bits per heavy atom. The molecular weight excluding hydrogens is 244 g/mol. The van der Waals surface area contributed by atoms with Crippen molar-refractivity contribution in [3.05, 3.63) is 34.3 Å². The van der Waals surface area contributed by atoms with Crippen molar-refractivity contribution < 1.29 is 4.79 Å². The number of carbonyl (C=O) groups is 1. The number of halogens is 1. The number of amides is 1. The van der Waals surface area contributed by atoms with E-state index in [0.29, 0.717) is 0 Å². The third-order valence-electron chi connectivity index (χ3n) is 1.95. The fourth-order valence-corrected chi connectivity index (χ4v) is 1.82. The van der Waals surface area contributed by atoms with Gasteiger partial charge in [0.25, 0.3) is 0 Å². The summed E-state index contributed by atoms with van der Waals surface area (Å²) in [4.78, 5) is 10.6. The lowest BCUT2D eigenvalue weighted by Gasteiger charge is -2.14. The lowest BCUT2D eigenvalue weighted by Crippen LogP contribution is -2.30. The molecule has 0 bridgehead atoms. The Morgan fingerprint density at radius 2 is 2.21 bits per heavy atom. The summed E-state index contributed by atoms with van der Waals surface area (Å²) in [6, 6.07) is 8.00. The van der Waals surface area contributed by atoms with Gasteiger partial charge in [-0.25, -0.2) is 0 Å². The molecule has 4 heteroatoms. The van der Waals surface area contributed by atoms with Crippen LogP contribution in [0.2, 0.25) is 0 Å². The van der Waals surface area contributed by atoms with Gasteiger partial charge < -0.3 is 11.1 Å². The van der Waals surface area contributed by atoms with Gasteiger partial charge in [0.05, 0.1) is 6.54 Å². The molecule has 76 valence electrons. The summed E-state index contributed by atoms with van der Waals surface area (Å²) in [5.74, 6) is -0.344. The highest BCUT2D eigenvalue weighted by atomic mass is 79.9. The molecule has 0 aliphatic carbocycles. The van der Waals surface area contributed by atoms with Gasteiger partial charge in [0, 0.05) is 10.5 Å². The van der Waals surface area contributed by atoms with Crippen molar-refractivity contribution >= 4 is 21.8 Å². The molecule has 3 nitrogen and oxygen atoms in total. The third-order valence-corrected chi connectivity index (χ3v) is 2.68. The molecule has 1 atom stereocenters. The molecule has 0 radical (unpaired) electrons. The van der Waals surface area contributed by atoms with Crippen LogP contribution in [0, 0.1) is 0 Å². The number of benzene rings is 1. The number of hydrogen-bond donors (Lipinski definition) is 2. The maximum Gasteiger partial charge on any atom is 0.231 e. The highest BCUT2D eigenvalue weighted by molar-refractivity contribution is 9.10. The van der Waals surface area contributed by atoms with Crippen LogP contribution in [-0.2, 0) is 4.79 Å². The molecule has 14 heavy (non-hydrogen) atoms. The van der Waals surface area contributed by atoms with Crippen molar-refractivity contribution in [3.63, 3.8) is 0 Å². The van der Waals surface area contributed by atoms with Crippen molar-refractivity contribution in [1.29, 1.82) is 0 Å². The largest absolute Gasteiger partial charge is 0.369 e. The molecule has 0 aliphatic heterocycles. The molecule has 0 unspecified atom stereocenters. The zero-order valence-corrected chi connectivity index (χ0v) is 9.54. The summed E-state index contributed by atoms with van der Waals surface area (Å²) in [6.07, 6.45) is 0. The normalized spacial score (nSPS) is 12.4. The first-order valence-corrected chi connectivity index (χ1v) is 5.16. The van der Waals surface area contributed by atoms with E-state index in [0.717, 1.165) is 10.0 Å². The Morgan fingerprint density at radius 3 is 2.79 bits per heavy atom. The summed E-state index contributed by atoms with van der Waals surface area (Å²) in [6.45, 7) is 2.19. The zero-order chi connectivity index (χ0) is 10.6. The van der Waals surface area contributed by atoms with Gasteiger partial charge in [-0.1, -0.05) is 34.1 Å². The van der Waals surface area contributed by atoms with Crippen LogP contribution < -0.4 is 11.1 Å². The van der Waals surface area contributed by atoms with E-state index in [4.69, 9.17) is 5.73 Å². The Bertz CT molecular complexity index is 328. The topological polar surface area (TPSA) is 55.1 Å². The summed E-state index contributed by atoms with van der Waals surface area (Å²) in [5.41, 5.74) is 6.16. The lowest BCUT2D eigenvalue weighted by molar-refractivity contribution is -0.117. The minimum absolute atomic E-state index is 0.109. The molecule has 3 N–H and O–H groups in total. The van der Waals surface area contributed by atoms with Crippen LogP contribution in [-0.4, -0.2) is 12.5 Å². The Balaban J connectivity index is 2.65. The first kappa shape index (κ1) is 11.2. The van der Waals surface area contributed by atoms with Gasteiger partial charge in [-0.2, -0.15) is 0 Å². The molecule has 1 aromatic carbocycles. The smallest absolute Gasteiger partial charge is 0.231 e. The number of nitrogens with one attached hydrogen (secondary N) is 1. The second-order valence-corrected chi connectivity index (χ2v) is 3.94. The van der Waals surface area contributed by atoms with Crippen LogP contribution in [0.3, 0.4) is 0 Å². The van der Waals surface area contributed by atoms with Crippen LogP contribution in [0.15, 0.2) is 28.7 Å². The molecule has 0 heterocycles. The monoisotopic (exact) mass is 256 g/mol. The quantitative estimate of drug-likeness (QED) is 0.860. The van der Waals surface area contributed by atoms with Crippen molar-refractivity contribution in [2.75, 3.05) is 6.54 Å². The molecule has 0 saturated heterocycles. The molecule has 0 aliphatic rings. The highest BCUT2D eigenvalue weighted by Crippen LogP contribution is 2.22. The average Bonchev–Trinajstić information content (AvgIpc) is 2.15. The van der Waals surface area contributed by atoms with Crippen LogP contribution in [0.4, 0.5) is 0 Å². The van der Waals surface area contributed by atoms with Crippen LogP contribution in [0.25, 0.3) is 0 Å². The molecule has 0 saturated carbocycles. The fraction of sp³-hybridized carbons (Fsp3) is 0.300. The standard InChI is InChI=1S/C10H13BrN2O/c1-7(13-6-10(12)14)8-4-2-3-5-9(8)11/h2-5,7,13H,6H2,1H3,(H2,12,14)/t7-/m1/s1. The third kappa shape index (κ3) is 3.12. The van der Waals surface area contributed by atoms with Gasteiger partial charge in [0.2, 0.25) is 5.91 Å². The van der Waals surface area contributed by atoms with Crippen LogP contribution in [0.5, 0.6) is 0 Å². The molecular formula is C10H13BrN2O. The predicted molar refractivity (Wildman–Crippen MR) is 59.8 cm³/mol. The maximum absolute atomic E-state index is 10.6. The Labute approximate surface area is 91.8 Å². The second kappa shape index (κ2) is 5.12. The van der Waals surface area contributed by atoms with Crippen molar-refractivity contribution in [1.82, 2.24) is 5.32 Å². The van der Waals surface area contributed by atoms with Gasteiger partial charge in [0.1, 0.15) is 0 Å². The molecule has 1 amide bonds. The summed E-state index contributed by atoms with van der Waals surface area (Å²) in [7, 11) is 0. The number of primary amides is 1. The van der Waals surface area contributed by atoms with E-state index in [1.165, 1.54) is 0 Å². The van der Waals surface area contributed by atoms with Crippen molar-refractivity contribution in [2.45, 2.75) is 13.0 Å².